The van der Waals surface area contributed by atoms with Gasteiger partial charge in [-0.15, -0.1) is 0 Å². The number of amides is 1. The second-order valence-electron chi connectivity index (χ2n) is 6.97. The van der Waals surface area contributed by atoms with E-state index >= 15 is 0 Å². The first-order valence-electron chi connectivity index (χ1n) is 9.24. The molecule has 1 N–H and O–H groups in total. The van der Waals surface area contributed by atoms with Gasteiger partial charge in [0.25, 0.3) is 11.5 Å². The molecule has 0 radical (unpaired) electrons. The van der Waals surface area contributed by atoms with Gasteiger partial charge in [0.05, 0.1) is 11.4 Å². The van der Waals surface area contributed by atoms with Crippen LogP contribution in [0.2, 0.25) is 0 Å². The average Bonchev–Trinajstić information content (AvgIpc) is 2.70. The van der Waals surface area contributed by atoms with Crippen molar-refractivity contribution in [2.75, 3.05) is 6.61 Å². The largest absolute Gasteiger partial charge is 0.484 e. The number of rotatable bonds is 6. The molecule has 1 amide bonds. The van der Waals surface area contributed by atoms with Crippen LogP contribution in [0.4, 0.5) is 13.2 Å². The number of hydrogen-bond donors (Lipinski definition) is 1. The molecule has 0 bridgehead atoms. The molecule has 0 atom stereocenters. The average molecular weight is 419 g/mol. The number of benzene rings is 2. The minimum Gasteiger partial charge on any atom is -0.484 e. The standard InChI is InChI=1S/C21H20F3N3O3/c1-13(2)27-20(29)17-9-4-3-8-16(17)18(26-27)19(28)25-11-14-6-5-7-15(10-14)30-12-21(22,23)24/h3-10,13H,11-12H2,1-2H3,(H,25,28). The van der Waals surface area contributed by atoms with Crippen LogP contribution >= 0.6 is 0 Å². The summed E-state index contributed by atoms with van der Waals surface area (Å²) in [6.07, 6.45) is -4.43. The van der Waals surface area contributed by atoms with Gasteiger partial charge in [-0.2, -0.15) is 18.3 Å². The predicted octanol–water partition coefficient (Wildman–Crippen LogP) is 3.85. The van der Waals surface area contributed by atoms with Gasteiger partial charge in [-0.1, -0.05) is 30.3 Å². The summed E-state index contributed by atoms with van der Waals surface area (Å²) in [5.74, 6) is -0.446. The van der Waals surface area contributed by atoms with Crippen molar-refractivity contribution < 1.29 is 22.7 Å². The fraction of sp³-hybridized carbons (Fsp3) is 0.286. The number of halogens is 3. The third-order valence-electron chi connectivity index (χ3n) is 4.29. The van der Waals surface area contributed by atoms with Crippen LogP contribution in [0, 0.1) is 0 Å². The highest BCUT2D eigenvalue weighted by Crippen LogP contribution is 2.20. The van der Waals surface area contributed by atoms with Crippen molar-refractivity contribution in [3.05, 3.63) is 70.1 Å². The topological polar surface area (TPSA) is 73.2 Å². The first-order chi connectivity index (χ1) is 14.2. The summed E-state index contributed by atoms with van der Waals surface area (Å²) in [6.45, 7) is 2.24. The van der Waals surface area contributed by atoms with Gasteiger partial charge in [0.2, 0.25) is 0 Å². The first-order valence-corrected chi connectivity index (χ1v) is 9.24. The maximum absolute atomic E-state index is 12.8. The molecule has 3 aromatic rings. The molecule has 1 heterocycles. The monoisotopic (exact) mass is 419 g/mol. The van der Waals surface area contributed by atoms with E-state index in [9.17, 15) is 22.8 Å². The van der Waals surface area contributed by atoms with Crippen molar-refractivity contribution in [1.82, 2.24) is 15.1 Å². The molecule has 0 saturated carbocycles. The van der Waals surface area contributed by atoms with E-state index in [0.29, 0.717) is 16.3 Å². The molecule has 0 fully saturated rings. The summed E-state index contributed by atoms with van der Waals surface area (Å²) < 4.78 is 42.9. The van der Waals surface area contributed by atoms with Gasteiger partial charge in [0, 0.05) is 11.9 Å². The highest BCUT2D eigenvalue weighted by molar-refractivity contribution is 6.04. The number of carbonyl (C=O) groups is 1. The highest BCUT2D eigenvalue weighted by atomic mass is 19.4. The summed E-state index contributed by atoms with van der Waals surface area (Å²) in [4.78, 5) is 25.4. The van der Waals surface area contributed by atoms with Crippen LogP contribution in [0.5, 0.6) is 5.75 Å². The van der Waals surface area contributed by atoms with E-state index in [1.807, 2.05) is 0 Å². The number of nitrogens with zero attached hydrogens (tertiary/aromatic N) is 2. The second-order valence-corrected chi connectivity index (χ2v) is 6.97. The molecule has 0 unspecified atom stereocenters. The quantitative estimate of drug-likeness (QED) is 0.659. The van der Waals surface area contributed by atoms with Gasteiger partial charge in [-0.3, -0.25) is 9.59 Å². The Morgan fingerprint density at radius 1 is 1.13 bits per heavy atom. The molecule has 30 heavy (non-hydrogen) atoms. The van der Waals surface area contributed by atoms with Crippen LogP contribution in [-0.4, -0.2) is 28.5 Å². The Balaban J connectivity index is 1.81. The van der Waals surface area contributed by atoms with Gasteiger partial charge in [0.1, 0.15) is 5.75 Å². The molecule has 158 valence electrons. The van der Waals surface area contributed by atoms with E-state index < -0.39 is 18.7 Å². The molecular formula is C21H20F3N3O3. The summed E-state index contributed by atoms with van der Waals surface area (Å²) in [5, 5.41) is 7.74. The highest BCUT2D eigenvalue weighted by Gasteiger charge is 2.28. The smallest absolute Gasteiger partial charge is 0.422 e. The molecule has 0 aliphatic heterocycles. The van der Waals surface area contributed by atoms with E-state index in [2.05, 4.69) is 10.4 Å². The SMILES string of the molecule is CC(C)n1nc(C(=O)NCc2cccc(OCC(F)(F)F)c2)c2ccccc2c1=O. The zero-order valence-electron chi connectivity index (χ0n) is 16.4. The lowest BCUT2D eigenvalue weighted by Gasteiger charge is -2.14. The lowest BCUT2D eigenvalue weighted by Crippen LogP contribution is -2.31. The van der Waals surface area contributed by atoms with E-state index in [0.717, 1.165) is 0 Å². The Morgan fingerprint density at radius 2 is 1.83 bits per heavy atom. The van der Waals surface area contributed by atoms with Gasteiger partial charge in [-0.05, 0) is 37.6 Å². The Kier molecular flexibility index (Phi) is 6.09. The fourth-order valence-corrected chi connectivity index (χ4v) is 2.90. The number of aromatic nitrogens is 2. The lowest BCUT2D eigenvalue weighted by atomic mass is 10.1. The van der Waals surface area contributed by atoms with Gasteiger partial charge >= 0.3 is 6.18 Å². The van der Waals surface area contributed by atoms with E-state index in [1.165, 1.54) is 16.8 Å². The zero-order valence-corrected chi connectivity index (χ0v) is 16.4. The molecule has 9 heteroatoms. The van der Waals surface area contributed by atoms with Crippen LogP contribution in [0.25, 0.3) is 10.8 Å². The van der Waals surface area contributed by atoms with E-state index in [1.54, 1.807) is 50.2 Å². The lowest BCUT2D eigenvalue weighted by molar-refractivity contribution is -0.153. The predicted molar refractivity (Wildman–Crippen MR) is 106 cm³/mol. The molecule has 0 spiro atoms. The number of nitrogens with one attached hydrogen (secondary N) is 1. The Bertz CT molecular complexity index is 1120. The van der Waals surface area contributed by atoms with Crippen LogP contribution < -0.4 is 15.6 Å². The van der Waals surface area contributed by atoms with Crippen molar-refractivity contribution in [3.8, 4) is 5.75 Å². The molecule has 0 aliphatic carbocycles. The number of alkyl halides is 3. The maximum atomic E-state index is 12.8. The number of carbonyl (C=O) groups excluding carboxylic acids is 1. The zero-order chi connectivity index (χ0) is 21.9. The summed E-state index contributed by atoms with van der Waals surface area (Å²) in [5.41, 5.74) is 0.375. The summed E-state index contributed by atoms with van der Waals surface area (Å²) >= 11 is 0. The second kappa shape index (κ2) is 8.56. The van der Waals surface area contributed by atoms with Crippen molar-refractivity contribution >= 4 is 16.7 Å². The molecule has 0 saturated heterocycles. The van der Waals surface area contributed by atoms with E-state index in [-0.39, 0.29) is 29.6 Å². The van der Waals surface area contributed by atoms with Crippen molar-refractivity contribution in [1.29, 1.82) is 0 Å². The molecule has 0 aliphatic rings. The molecule has 1 aromatic heterocycles. The van der Waals surface area contributed by atoms with Gasteiger partial charge in [0.15, 0.2) is 12.3 Å². The summed E-state index contributed by atoms with van der Waals surface area (Å²) in [6, 6.07) is 12.5. The molecule has 3 rings (SSSR count). The minimum atomic E-state index is -4.43. The minimum absolute atomic E-state index is 0.0519. The van der Waals surface area contributed by atoms with Gasteiger partial charge < -0.3 is 10.1 Å². The van der Waals surface area contributed by atoms with Crippen LogP contribution in [0.3, 0.4) is 0 Å². The van der Waals surface area contributed by atoms with Crippen LogP contribution in [-0.2, 0) is 6.54 Å². The van der Waals surface area contributed by atoms with Crippen molar-refractivity contribution in [2.45, 2.75) is 32.6 Å². The third kappa shape index (κ3) is 4.97. The van der Waals surface area contributed by atoms with Crippen molar-refractivity contribution in [3.63, 3.8) is 0 Å². The van der Waals surface area contributed by atoms with Crippen molar-refractivity contribution in [2.24, 2.45) is 0 Å². The Hall–Kier alpha value is -3.36. The van der Waals surface area contributed by atoms with Crippen LogP contribution in [0.15, 0.2) is 53.3 Å². The fourth-order valence-electron chi connectivity index (χ4n) is 2.90. The normalized spacial score (nSPS) is 11.7. The molecular weight excluding hydrogens is 399 g/mol. The van der Waals surface area contributed by atoms with E-state index in [4.69, 9.17) is 4.74 Å². The van der Waals surface area contributed by atoms with Gasteiger partial charge in [-0.25, -0.2) is 4.68 Å². The number of fused-ring (bicyclic) bond motifs is 1. The van der Waals surface area contributed by atoms with Crippen LogP contribution in [0.1, 0.15) is 35.9 Å². The number of hydrogen-bond acceptors (Lipinski definition) is 4. The Labute approximate surface area is 170 Å². The maximum Gasteiger partial charge on any atom is 0.422 e. The number of ether oxygens (including phenoxy) is 1. The first kappa shape index (κ1) is 21.4. The Morgan fingerprint density at radius 3 is 2.50 bits per heavy atom. The third-order valence-corrected chi connectivity index (χ3v) is 4.29. The summed E-state index contributed by atoms with van der Waals surface area (Å²) in [7, 11) is 0. The molecule has 2 aromatic carbocycles. The molecule has 6 nitrogen and oxygen atoms in total.